The normalized spacial score (nSPS) is 13.9. The maximum absolute atomic E-state index is 6.21. The predicted octanol–water partition coefficient (Wildman–Crippen LogP) is 6.15. The summed E-state index contributed by atoms with van der Waals surface area (Å²) in [4.78, 5) is 0. The summed E-state index contributed by atoms with van der Waals surface area (Å²) in [7, 11) is 0.162. The molecule has 0 fully saturated rings. The van der Waals surface area contributed by atoms with Gasteiger partial charge in [0.25, 0.3) is 0 Å². The SMILES string of the molecule is COC=CC(C)(C)CCCCCCO[Si](C)(C)C(C)(C)C. The van der Waals surface area contributed by atoms with Gasteiger partial charge in [-0.1, -0.05) is 53.9 Å². The summed E-state index contributed by atoms with van der Waals surface area (Å²) in [5, 5.41) is 0.324. The Hall–Kier alpha value is -0.283. The molecule has 0 aliphatic heterocycles. The van der Waals surface area contributed by atoms with E-state index in [1.807, 2.05) is 0 Å². The zero-order chi connectivity index (χ0) is 16.6. The largest absolute Gasteiger partial charge is 0.505 e. The van der Waals surface area contributed by atoms with Crippen molar-refractivity contribution in [3.63, 3.8) is 0 Å². The fraction of sp³-hybridized carbons (Fsp3) is 0.889. The van der Waals surface area contributed by atoms with Crippen LogP contribution in [0.3, 0.4) is 0 Å². The molecule has 0 N–H and O–H groups in total. The van der Waals surface area contributed by atoms with Crippen LogP contribution in [-0.4, -0.2) is 22.0 Å². The highest BCUT2D eigenvalue weighted by Crippen LogP contribution is 2.36. The third kappa shape index (κ3) is 9.36. The van der Waals surface area contributed by atoms with E-state index in [0.717, 1.165) is 6.61 Å². The zero-order valence-electron chi connectivity index (χ0n) is 15.7. The quantitative estimate of drug-likeness (QED) is 0.274. The second-order valence-corrected chi connectivity index (χ2v) is 13.1. The van der Waals surface area contributed by atoms with Crippen LogP contribution in [-0.2, 0) is 9.16 Å². The zero-order valence-corrected chi connectivity index (χ0v) is 16.7. The Morgan fingerprint density at radius 1 is 0.905 bits per heavy atom. The van der Waals surface area contributed by atoms with E-state index in [1.54, 1.807) is 13.4 Å². The van der Waals surface area contributed by atoms with Gasteiger partial charge in [-0.3, -0.25) is 0 Å². The van der Waals surface area contributed by atoms with Crippen LogP contribution in [0, 0.1) is 5.41 Å². The summed E-state index contributed by atoms with van der Waals surface area (Å²) >= 11 is 0. The van der Waals surface area contributed by atoms with Crippen molar-refractivity contribution >= 4 is 8.32 Å². The molecule has 0 rings (SSSR count). The first kappa shape index (κ1) is 20.7. The topological polar surface area (TPSA) is 18.5 Å². The minimum Gasteiger partial charge on any atom is -0.505 e. The van der Waals surface area contributed by atoms with Gasteiger partial charge in [0.15, 0.2) is 8.32 Å². The molecule has 0 atom stereocenters. The Morgan fingerprint density at radius 2 is 1.48 bits per heavy atom. The highest BCUT2D eigenvalue weighted by atomic mass is 28.4. The van der Waals surface area contributed by atoms with Gasteiger partial charge in [0.05, 0.1) is 13.4 Å². The molecule has 0 heterocycles. The molecule has 3 heteroatoms. The van der Waals surface area contributed by atoms with Crippen molar-refractivity contribution in [2.45, 2.75) is 84.9 Å². The smallest absolute Gasteiger partial charge is 0.191 e. The van der Waals surface area contributed by atoms with Crippen LogP contribution in [0.5, 0.6) is 0 Å². The van der Waals surface area contributed by atoms with Gasteiger partial charge in [-0.05, 0) is 42.5 Å². The van der Waals surface area contributed by atoms with Crippen LogP contribution in [0.25, 0.3) is 0 Å². The molecule has 0 bridgehead atoms. The summed E-state index contributed by atoms with van der Waals surface area (Å²) < 4.78 is 11.2. The van der Waals surface area contributed by atoms with Crippen molar-refractivity contribution in [3.8, 4) is 0 Å². The maximum Gasteiger partial charge on any atom is 0.191 e. The van der Waals surface area contributed by atoms with Crippen LogP contribution in [0.1, 0.15) is 66.7 Å². The van der Waals surface area contributed by atoms with E-state index in [2.05, 4.69) is 53.8 Å². The van der Waals surface area contributed by atoms with Crippen LogP contribution in [0.15, 0.2) is 12.3 Å². The van der Waals surface area contributed by atoms with Gasteiger partial charge in [0.2, 0.25) is 0 Å². The molecule has 0 saturated carbocycles. The lowest BCUT2D eigenvalue weighted by molar-refractivity contribution is 0.275. The Morgan fingerprint density at radius 3 is 2.00 bits per heavy atom. The molecule has 0 aromatic rings. The first-order valence-electron chi connectivity index (χ1n) is 8.36. The van der Waals surface area contributed by atoms with Crippen LogP contribution < -0.4 is 0 Å². The van der Waals surface area contributed by atoms with Crippen LogP contribution >= 0.6 is 0 Å². The Kier molecular flexibility index (Phi) is 8.87. The highest BCUT2D eigenvalue weighted by Gasteiger charge is 2.36. The average molecular weight is 315 g/mol. The predicted molar refractivity (Wildman–Crippen MR) is 96.2 cm³/mol. The van der Waals surface area contributed by atoms with Gasteiger partial charge in [-0.2, -0.15) is 0 Å². The fourth-order valence-electron chi connectivity index (χ4n) is 1.92. The van der Waals surface area contributed by atoms with Crippen molar-refractivity contribution in [3.05, 3.63) is 12.3 Å². The number of allylic oxidation sites excluding steroid dienone is 1. The van der Waals surface area contributed by atoms with E-state index in [0.29, 0.717) is 5.04 Å². The van der Waals surface area contributed by atoms with Crippen molar-refractivity contribution in [1.82, 2.24) is 0 Å². The average Bonchev–Trinajstić information content (AvgIpc) is 2.33. The minimum atomic E-state index is -1.54. The number of rotatable bonds is 10. The molecule has 21 heavy (non-hydrogen) atoms. The lowest BCUT2D eigenvalue weighted by Crippen LogP contribution is -2.40. The molecule has 0 aromatic heterocycles. The molecule has 2 nitrogen and oxygen atoms in total. The van der Waals surface area contributed by atoms with E-state index in [1.165, 1.54) is 32.1 Å². The van der Waals surface area contributed by atoms with E-state index in [-0.39, 0.29) is 5.41 Å². The van der Waals surface area contributed by atoms with Gasteiger partial charge in [0, 0.05) is 6.61 Å². The van der Waals surface area contributed by atoms with Gasteiger partial charge in [-0.25, -0.2) is 0 Å². The summed E-state index contributed by atoms with van der Waals surface area (Å²) in [6, 6.07) is 0. The fourth-order valence-corrected chi connectivity index (χ4v) is 3.00. The molecule has 0 radical (unpaired) electrons. The summed E-state index contributed by atoms with van der Waals surface area (Å²) in [5.41, 5.74) is 0.244. The van der Waals surface area contributed by atoms with Crippen molar-refractivity contribution in [1.29, 1.82) is 0 Å². The van der Waals surface area contributed by atoms with Crippen molar-refractivity contribution < 1.29 is 9.16 Å². The van der Waals surface area contributed by atoms with E-state index >= 15 is 0 Å². The number of hydrogen-bond donors (Lipinski definition) is 0. The lowest BCUT2D eigenvalue weighted by Gasteiger charge is -2.36. The van der Waals surface area contributed by atoms with Crippen LogP contribution in [0.4, 0.5) is 0 Å². The Bertz CT molecular complexity index is 301. The van der Waals surface area contributed by atoms with Gasteiger partial charge < -0.3 is 9.16 Å². The molecule has 0 aliphatic carbocycles. The van der Waals surface area contributed by atoms with Gasteiger partial charge in [-0.15, -0.1) is 0 Å². The molecule has 0 aliphatic rings. The number of hydrogen-bond acceptors (Lipinski definition) is 2. The molecule has 0 amide bonds. The second kappa shape index (κ2) is 8.99. The molecule has 0 aromatic carbocycles. The molecular weight excluding hydrogens is 276 g/mol. The van der Waals surface area contributed by atoms with E-state index in [9.17, 15) is 0 Å². The lowest BCUT2D eigenvalue weighted by atomic mass is 9.87. The first-order chi connectivity index (χ1) is 9.52. The molecule has 0 saturated heterocycles. The number of unbranched alkanes of at least 4 members (excludes halogenated alkanes) is 3. The Labute approximate surface area is 134 Å². The summed E-state index contributed by atoms with van der Waals surface area (Å²) in [5.74, 6) is 0. The van der Waals surface area contributed by atoms with Crippen LogP contribution in [0.2, 0.25) is 18.1 Å². The third-order valence-corrected chi connectivity index (χ3v) is 9.18. The standard InChI is InChI=1S/C18H38O2Si/c1-17(2,3)21(7,8)20-15-12-10-9-11-13-18(4,5)14-16-19-6/h14,16H,9-13,15H2,1-8H3. The molecule has 0 spiro atoms. The molecular formula is C18H38O2Si. The minimum absolute atomic E-state index is 0.244. The monoisotopic (exact) mass is 314 g/mol. The summed E-state index contributed by atoms with van der Waals surface area (Å²) in [6.45, 7) is 17.0. The third-order valence-electron chi connectivity index (χ3n) is 4.64. The highest BCUT2D eigenvalue weighted by molar-refractivity contribution is 6.74. The van der Waals surface area contributed by atoms with Gasteiger partial charge >= 0.3 is 0 Å². The van der Waals surface area contributed by atoms with E-state index in [4.69, 9.17) is 9.16 Å². The number of ether oxygens (including phenoxy) is 1. The van der Waals surface area contributed by atoms with Gasteiger partial charge in [0.1, 0.15) is 0 Å². The molecule has 0 unspecified atom stereocenters. The van der Waals surface area contributed by atoms with E-state index < -0.39 is 8.32 Å². The first-order valence-corrected chi connectivity index (χ1v) is 11.3. The second-order valence-electron chi connectivity index (χ2n) is 8.30. The van der Waals surface area contributed by atoms with Crippen molar-refractivity contribution in [2.24, 2.45) is 5.41 Å². The number of methoxy groups -OCH3 is 1. The summed E-state index contributed by atoms with van der Waals surface area (Å²) in [6.07, 6.45) is 10.2. The Balaban J connectivity index is 3.73. The molecule has 126 valence electrons. The maximum atomic E-state index is 6.21. The van der Waals surface area contributed by atoms with Crippen molar-refractivity contribution in [2.75, 3.05) is 13.7 Å².